The van der Waals surface area contributed by atoms with Gasteiger partial charge in [0.25, 0.3) is 0 Å². The molecule has 2 N–H and O–H groups in total. The highest BCUT2D eigenvalue weighted by Crippen LogP contribution is 2.22. The molecular formula is C12H21NO3S. The molecule has 0 saturated heterocycles. The third-order valence-electron chi connectivity index (χ3n) is 2.13. The van der Waals surface area contributed by atoms with Gasteiger partial charge in [-0.25, -0.2) is 4.79 Å². The molecule has 1 atom stereocenters. The number of nitrogens with one attached hydrogen (secondary N) is 1. The molecule has 0 aromatic rings. The van der Waals surface area contributed by atoms with Gasteiger partial charge in [-0.1, -0.05) is 26.8 Å². The minimum atomic E-state index is -1.06. The third-order valence-corrected chi connectivity index (χ3v) is 3.18. The lowest BCUT2D eigenvalue weighted by atomic mass is 10.1. The first kappa shape index (κ1) is 16.0. The summed E-state index contributed by atoms with van der Waals surface area (Å²) in [4.78, 5) is 22.5. The van der Waals surface area contributed by atoms with Crippen LogP contribution in [0.3, 0.4) is 0 Å². The Bertz CT molecular complexity index is 279. The first-order valence-corrected chi connectivity index (χ1v) is 6.66. The summed E-state index contributed by atoms with van der Waals surface area (Å²) in [7, 11) is 0. The number of hydrogen-bond acceptors (Lipinski definition) is 3. The number of rotatable bonds is 9. The first-order chi connectivity index (χ1) is 7.95. The Morgan fingerprint density at radius 3 is 2.65 bits per heavy atom. The van der Waals surface area contributed by atoms with Crippen LogP contribution in [-0.4, -0.2) is 28.8 Å². The van der Waals surface area contributed by atoms with Crippen molar-refractivity contribution < 1.29 is 14.7 Å². The highest BCUT2D eigenvalue weighted by atomic mass is 32.2. The van der Waals surface area contributed by atoms with E-state index in [0.29, 0.717) is 12.8 Å². The fourth-order valence-electron chi connectivity index (χ4n) is 1.34. The zero-order valence-corrected chi connectivity index (χ0v) is 11.3. The molecule has 0 bridgehead atoms. The summed E-state index contributed by atoms with van der Waals surface area (Å²) < 4.78 is 0. The Hall–Kier alpha value is -0.970. The van der Waals surface area contributed by atoms with Crippen molar-refractivity contribution in [2.24, 2.45) is 0 Å². The average Bonchev–Trinajstić information content (AvgIpc) is 2.23. The number of unbranched alkanes of at least 4 members (excludes halogenated alkanes) is 1. The molecule has 1 unspecified atom stereocenters. The normalized spacial score (nSPS) is 11.9. The van der Waals surface area contributed by atoms with E-state index in [1.165, 1.54) is 11.8 Å². The Balaban J connectivity index is 3.76. The van der Waals surface area contributed by atoms with Crippen molar-refractivity contribution in [2.75, 3.05) is 6.54 Å². The minimum Gasteiger partial charge on any atom is -0.465 e. The monoisotopic (exact) mass is 259 g/mol. The summed E-state index contributed by atoms with van der Waals surface area (Å²) in [6, 6.07) is 0. The smallest absolute Gasteiger partial charge is 0.404 e. The summed E-state index contributed by atoms with van der Waals surface area (Å²) in [6.45, 7) is 8.01. The van der Waals surface area contributed by atoms with Gasteiger partial charge in [-0.2, -0.15) is 0 Å². The van der Waals surface area contributed by atoms with Crippen LogP contribution in [0, 0.1) is 0 Å². The van der Waals surface area contributed by atoms with E-state index in [9.17, 15) is 9.59 Å². The maximum atomic E-state index is 11.5. The largest absolute Gasteiger partial charge is 0.465 e. The molecule has 0 saturated carbocycles. The maximum Gasteiger partial charge on any atom is 0.404 e. The zero-order valence-electron chi connectivity index (χ0n) is 10.5. The topological polar surface area (TPSA) is 66.4 Å². The molecular weight excluding hydrogens is 238 g/mol. The van der Waals surface area contributed by atoms with Gasteiger partial charge in [-0.15, -0.1) is 11.8 Å². The van der Waals surface area contributed by atoms with Gasteiger partial charge in [0.2, 0.25) is 0 Å². The second-order valence-corrected chi connectivity index (χ2v) is 5.59. The number of Topliss-reactive ketones (excluding diaryl/α,β-unsaturated/α-hetero) is 1. The van der Waals surface area contributed by atoms with Crippen molar-refractivity contribution >= 4 is 23.6 Å². The van der Waals surface area contributed by atoms with E-state index >= 15 is 0 Å². The summed E-state index contributed by atoms with van der Waals surface area (Å²) in [5.74, 6) is 0.269. The number of thioether (sulfide) groups is 1. The molecule has 17 heavy (non-hydrogen) atoms. The molecule has 0 fully saturated rings. The van der Waals surface area contributed by atoms with Crippen molar-refractivity contribution in [2.45, 2.75) is 44.8 Å². The number of ketones is 1. The number of amides is 1. The highest BCUT2D eigenvalue weighted by Gasteiger charge is 2.11. The molecule has 4 nitrogen and oxygen atoms in total. The van der Waals surface area contributed by atoms with Gasteiger partial charge in [0, 0.05) is 18.1 Å². The van der Waals surface area contributed by atoms with Crippen LogP contribution in [0.2, 0.25) is 0 Å². The average molecular weight is 259 g/mol. The molecule has 0 rings (SSSR count). The van der Waals surface area contributed by atoms with E-state index in [2.05, 4.69) is 18.8 Å². The Labute approximate surface area is 107 Å². The van der Waals surface area contributed by atoms with Crippen LogP contribution in [0.4, 0.5) is 4.79 Å². The molecule has 0 spiro atoms. The number of hydrogen-bond donors (Lipinski definition) is 2. The fraction of sp³-hybridized carbons (Fsp3) is 0.667. The van der Waals surface area contributed by atoms with Gasteiger partial charge in [0.1, 0.15) is 5.78 Å². The molecule has 1 amide bonds. The van der Waals surface area contributed by atoms with Crippen LogP contribution >= 0.6 is 11.8 Å². The second-order valence-electron chi connectivity index (χ2n) is 3.97. The van der Waals surface area contributed by atoms with Crippen LogP contribution < -0.4 is 5.32 Å². The third kappa shape index (κ3) is 9.93. The van der Waals surface area contributed by atoms with Crippen molar-refractivity contribution in [3.63, 3.8) is 0 Å². The van der Waals surface area contributed by atoms with Crippen molar-refractivity contribution in [3.05, 3.63) is 11.5 Å². The SMILES string of the molecule is C=C(CNC(=O)O)SC(C)CC(=O)CCCC. The standard InChI is InChI=1S/C12H21NO3S/c1-4-5-6-11(14)7-9(2)17-10(3)8-13-12(15)16/h9,13H,3-8H2,1-2H3,(H,15,16). The quantitative estimate of drug-likeness (QED) is 0.668. The molecule has 0 aromatic carbocycles. The summed E-state index contributed by atoms with van der Waals surface area (Å²) in [5, 5.41) is 10.8. The number of carbonyl (C=O) groups is 2. The van der Waals surface area contributed by atoms with Crippen molar-refractivity contribution in [1.82, 2.24) is 5.32 Å². The lowest BCUT2D eigenvalue weighted by Crippen LogP contribution is -2.22. The Morgan fingerprint density at radius 1 is 1.47 bits per heavy atom. The van der Waals surface area contributed by atoms with E-state index in [1.54, 1.807) is 0 Å². The second kappa shape index (κ2) is 9.10. The summed E-state index contributed by atoms with van der Waals surface area (Å²) in [6.07, 6.45) is 2.08. The Morgan fingerprint density at radius 2 is 2.12 bits per heavy atom. The lowest BCUT2D eigenvalue weighted by Gasteiger charge is -2.12. The van der Waals surface area contributed by atoms with E-state index in [1.807, 2.05) is 6.92 Å². The maximum absolute atomic E-state index is 11.5. The molecule has 0 heterocycles. The van der Waals surface area contributed by atoms with Crippen LogP contribution in [-0.2, 0) is 4.79 Å². The van der Waals surface area contributed by atoms with E-state index in [-0.39, 0.29) is 17.6 Å². The molecule has 5 heteroatoms. The van der Waals surface area contributed by atoms with Crippen LogP contribution in [0.25, 0.3) is 0 Å². The molecule has 0 aliphatic rings. The van der Waals surface area contributed by atoms with Gasteiger partial charge >= 0.3 is 6.09 Å². The predicted molar refractivity (Wildman–Crippen MR) is 71.4 cm³/mol. The van der Waals surface area contributed by atoms with Crippen molar-refractivity contribution in [3.8, 4) is 0 Å². The van der Waals surface area contributed by atoms with Gasteiger partial charge in [0.05, 0.1) is 6.54 Å². The van der Waals surface area contributed by atoms with E-state index in [4.69, 9.17) is 5.11 Å². The molecule has 0 aliphatic carbocycles. The molecule has 0 radical (unpaired) electrons. The lowest BCUT2D eigenvalue weighted by molar-refractivity contribution is -0.119. The Kier molecular flexibility index (Phi) is 8.58. The van der Waals surface area contributed by atoms with Gasteiger partial charge in [-0.3, -0.25) is 4.79 Å². The first-order valence-electron chi connectivity index (χ1n) is 5.78. The van der Waals surface area contributed by atoms with Crippen LogP contribution in [0.15, 0.2) is 11.5 Å². The molecule has 0 aromatic heterocycles. The van der Waals surface area contributed by atoms with E-state index in [0.717, 1.165) is 17.7 Å². The highest BCUT2D eigenvalue weighted by molar-refractivity contribution is 8.03. The van der Waals surface area contributed by atoms with Gasteiger partial charge in [0.15, 0.2) is 0 Å². The number of carbonyl (C=O) groups excluding carboxylic acids is 1. The zero-order chi connectivity index (χ0) is 13.3. The predicted octanol–water partition coefficient (Wildman–Crippen LogP) is 3.04. The summed E-state index contributed by atoms with van der Waals surface area (Å²) >= 11 is 1.46. The van der Waals surface area contributed by atoms with Crippen LogP contribution in [0.5, 0.6) is 0 Å². The van der Waals surface area contributed by atoms with Gasteiger partial charge in [-0.05, 0) is 11.3 Å². The fourth-order valence-corrected chi connectivity index (χ4v) is 2.33. The minimum absolute atomic E-state index is 0.155. The van der Waals surface area contributed by atoms with Gasteiger partial charge < -0.3 is 10.4 Å². The number of carboxylic acid groups (broad SMARTS) is 1. The molecule has 0 aliphatic heterocycles. The van der Waals surface area contributed by atoms with E-state index < -0.39 is 6.09 Å². The van der Waals surface area contributed by atoms with Crippen LogP contribution in [0.1, 0.15) is 39.5 Å². The van der Waals surface area contributed by atoms with Crippen molar-refractivity contribution in [1.29, 1.82) is 0 Å². The molecule has 98 valence electrons. The summed E-state index contributed by atoms with van der Waals surface area (Å²) in [5.41, 5.74) is 0.